The van der Waals surface area contributed by atoms with E-state index in [1.54, 1.807) is 6.07 Å². The molecular weight excluding hydrogens is 392 g/mol. The normalized spacial score (nSPS) is 11.0. The third-order valence-corrected chi connectivity index (χ3v) is 6.01. The van der Waals surface area contributed by atoms with E-state index in [4.69, 9.17) is 11.6 Å². The molecule has 1 amide bonds. The molecule has 26 heavy (non-hydrogen) atoms. The Kier molecular flexibility index (Phi) is 5.95. The molecule has 1 N–H and O–H groups in total. The van der Waals surface area contributed by atoms with Crippen LogP contribution in [0.1, 0.15) is 23.2 Å². The lowest BCUT2D eigenvalue weighted by atomic mass is 10.2. The Balaban J connectivity index is 1.58. The van der Waals surface area contributed by atoms with Crippen LogP contribution in [-0.2, 0) is 17.0 Å². The minimum absolute atomic E-state index is 0.126. The molecule has 0 aliphatic carbocycles. The van der Waals surface area contributed by atoms with Crippen LogP contribution in [0.2, 0.25) is 5.02 Å². The third-order valence-electron chi connectivity index (χ3n) is 3.58. The number of nitrogens with zero attached hydrogens (tertiary/aromatic N) is 3. The van der Waals surface area contributed by atoms with Crippen molar-refractivity contribution >= 4 is 51.3 Å². The van der Waals surface area contributed by atoms with Gasteiger partial charge in [0.25, 0.3) is 5.56 Å². The molecule has 2 aromatic heterocycles. The minimum Gasteiger partial charge on any atom is -0.325 e. The molecule has 0 saturated heterocycles. The van der Waals surface area contributed by atoms with Crippen LogP contribution >= 0.6 is 34.7 Å². The first-order valence-electron chi connectivity index (χ1n) is 7.98. The topological polar surface area (TPSA) is 76.4 Å². The molecule has 0 atom stereocenters. The highest BCUT2D eigenvalue weighted by Crippen LogP contribution is 2.20. The zero-order valence-corrected chi connectivity index (χ0v) is 16.7. The number of thioether (sulfide) groups is 1. The van der Waals surface area contributed by atoms with E-state index in [9.17, 15) is 9.59 Å². The van der Waals surface area contributed by atoms with Crippen molar-refractivity contribution in [3.8, 4) is 0 Å². The number of carbonyl (C=O) groups excluding carboxylic acids is 1. The maximum atomic E-state index is 12.1. The lowest BCUT2D eigenvalue weighted by molar-refractivity contribution is -0.113. The summed E-state index contributed by atoms with van der Waals surface area (Å²) in [7, 11) is 0. The Bertz CT molecular complexity index is 1020. The van der Waals surface area contributed by atoms with Gasteiger partial charge in [-0.25, -0.2) is 4.98 Å². The van der Waals surface area contributed by atoms with Crippen LogP contribution in [0, 0.1) is 6.92 Å². The monoisotopic (exact) mass is 408 g/mol. The number of benzene rings is 1. The summed E-state index contributed by atoms with van der Waals surface area (Å²) in [6, 6.07) is 6.87. The van der Waals surface area contributed by atoms with Gasteiger partial charge in [-0.2, -0.15) is 9.61 Å². The first kappa shape index (κ1) is 18.9. The molecular formula is C17H17ClN4O2S2. The number of rotatable bonds is 6. The van der Waals surface area contributed by atoms with Crippen molar-refractivity contribution < 1.29 is 4.79 Å². The van der Waals surface area contributed by atoms with Gasteiger partial charge in [0, 0.05) is 22.5 Å². The van der Waals surface area contributed by atoms with Gasteiger partial charge in [-0.15, -0.1) is 11.8 Å². The third kappa shape index (κ3) is 4.44. The van der Waals surface area contributed by atoms with E-state index in [-0.39, 0.29) is 17.2 Å². The van der Waals surface area contributed by atoms with Crippen LogP contribution in [0.15, 0.2) is 29.1 Å². The summed E-state index contributed by atoms with van der Waals surface area (Å²) in [5.74, 6) is 0.613. The van der Waals surface area contributed by atoms with Gasteiger partial charge >= 0.3 is 0 Å². The SMILES string of the molecule is CCc1nn2c(=O)cc(CSCC(=O)Nc3ccc(C)c(Cl)c3)nc2s1. The zero-order chi connectivity index (χ0) is 18.7. The van der Waals surface area contributed by atoms with Crippen molar-refractivity contribution in [2.75, 3.05) is 11.1 Å². The van der Waals surface area contributed by atoms with Crippen LogP contribution in [0.5, 0.6) is 0 Å². The molecule has 9 heteroatoms. The second kappa shape index (κ2) is 8.20. The van der Waals surface area contributed by atoms with Gasteiger partial charge in [-0.05, 0) is 31.0 Å². The molecule has 0 radical (unpaired) electrons. The largest absolute Gasteiger partial charge is 0.325 e. The predicted molar refractivity (Wildman–Crippen MR) is 107 cm³/mol. The highest BCUT2D eigenvalue weighted by Gasteiger charge is 2.09. The first-order valence-corrected chi connectivity index (χ1v) is 10.3. The lowest BCUT2D eigenvalue weighted by Crippen LogP contribution is -2.16. The van der Waals surface area contributed by atoms with E-state index < -0.39 is 0 Å². The summed E-state index contributed by atoms with van der Waals surface area (Å²) in [4.78, 5) is 29.2. The summed E-state index contributed by atoms with van der Waals surface area (Å²) in [5, 5.41) is 8.51. The van der Waals surface area contributed by atoms with E-state index in [2.05, 4.69) is 15.4 Å². The predicted octanol–water partition coefficient (Wildman–Crippen LogP) is 3.55. The van der Waals surface area contributed by atoms with E-state index in [0.29, 0.717) is 27.1 Å². The fraction of sp³-hybridized carbons (Fsp3) is 0.294. The van der Waals surface area contributed by atoms with Crippen molar-refractivity contribution in [2.45, 2.75) is 26.0 Å². The minimum atomic E-state index is -0.194. The molecule has 0 bridgehead atoms. The number of anilines is 1. The van der Waals surface area contributed by atoms with Gasteiger partial charge in [0.1, 0.15) is 5.01 Å². The fourth-order valence-electron chi connectivity index (χ4n) is 2.23. The number of aryl methyl sites for hydroxylation is 2. The Morgan fingerprint density at radius 2 is 2.19 bits per heavy atom. The molecule has 0 fully saturated rings. The van der Waals surface area contributed by atoms with E-state index in [1.807, 2.05) is 26.0 Å². The molecule has 0 spiro atoms. The Morgan fingerprint density at radius 3 is 2.92 bits per heavy atom. The number of hydrogen-bond acceptors (Lipinski definition) is 6. The van der Waals surface area contributed by atoms with Crippen molar-refractivity contribution in [2.24, 2.45) is 0 Å². The second-order valence-corrected chi connectivity index (χ2v) is 8.07. The maximum absolute atomic E-state index is 12.1. The van der Waals surface area contributed by atoms with Gasteiger partial charge in [-0.1, -0.05) is 35.9 Å². The summed E-state index contributed by atoms with van der Waals surface area (Å²) >= 11 is 8.86. The summed E-state index contributed by atoms with van der Waals surface area (Å²) in [6.45, 7) is 3.89. The highest BCUT2D eigenvalue weighted by molar-refractivity contribution is 7.99. The first-order chi connectivity index (χ1) is 12.5. The van der Waals surface area contributed by atoms with Gasteiger partial charge < -0.3 is 5.32 Å². The number of halogens is 1. The molecule has 0 aliphatic heterocycles. The number of nitrogens with one attached hydrogen (secondary N) is 1. The molecule has 6 nitrogen and oxygen atoms in total. The average molecular weight is 409 g/mol. The van der Waals surface area contributed by atoms with E-state index in [0.717, 1.165) is 17.0 Å². The molecule has 3 aromatic rings. The molecule has 1 aromatic carbocycles. The zero-order valence-electron chi connectivity index (χ0n) is 14.3. The van der Waals surface area contributed by atoms with Crippen molar-refractivity contribution in [1.29, 1.82) is 0 Å². The fourth-order valence-corrected chi connectivity index (χ4v) is 3.98. The summed E-state index contributed by atoms with van der Waals surface area (Å²) in [5.41, 5.74) is 2.08. The van der Waals surface area contributed by atoms with Crippen LogP contribution < -0.4 is 10.9 Å². The van der Waals surface area contributed by atoms with Crippen LogP contribution in [-0.4, -0.2) is 26.3 Å². The van der Waals surface area contributed by atoms with Crippen molar-refractivity contribution in [3.05, 3.63) is 55.9 Å². The van der Waals surface area contributed by atoms with Gasteiger partial charge in [0.05, 0.1) is 11.4 Å². The van der Waals surface area contributed by atoms with E-state index >= 15 is 0 Å². The van der Waals surface area contributed by atoms with Gasteiger partial charge in [0.2, 0.25) is 10.9 Å². The Hall–Kier alpha value is -1.90. The number of amides is 1. The quantitative estimate of drug-likeness (QED) is 0.675. The molecule has 0 unspecified atom stereocenters. The summed E-state index contributed by atoms with van der Waals surface area (Å²) in [6.07, 6.45) is 0.765. The average Bonchev–Trinajstić information content (AvgIpc) is 3.02. The maximum Gasteiger partial charge on any atom is 0.275 e. The van der Waals surface area contributed by atoms with Crippen molar-refractivity contribution in [1.82, 2.24) is 14.6 Å². The molecule has 136 valence electrons. The van der Waals surface area contributed by atoms with Crippen LogP contribution in [0.4, 0.5) is 5.69 Å². The standard InChI is InChI=1S/C17H17ClN4O2S2/c1-3-15-21-22-16(24)7-12(20-17(22)26-15)8-25-9-14(23)19-11-5-4-10(2)13(18)6-11/h4-7H,3,8-9H2,1-2H3,(H,19,23). The molecule has 0 aliphatic rings. The number of hydrogen-bond donors (Lipinski definition) is 1. The van der Waals surface area contributed by atoms with Crippen molar-refractivity contribution in [3.63, 3.8) is 0 Å². The smallest absolute Gasteiger partial charge is 0.275 e. The van der Waals surface area contributed by atoms with Gasteiger partial charge in [-0.3, -0.25) is 9.59 Å². The lowest BCUT2D eigenvalue weighted by Gasteiger charge is -2.06. The van der Waals surface area contributed by atoms with E-state index in [1.165, 1.54) is 33.7 Å². The molecule has 0 saturated carbocycles. The number of fused-ring (bicyclic) bond motifs is 1. The number of aromatic nitrogens is 3. The molecule has 2 heterocycles. The Morgan fingerprint density at radius 1 is 1.38 bits per heavy atom. The van der Waals surface area contributed by atoms with Gasteiger partial charge in [0.15, 0.2) is 0 Å². The highest BCUT2D eigenvalue weighted by atomic mass is 35.5. The summed E-state index contributed by atoms with van der Waals surface area (Å²) < 4.78 is 1.32. The second-order valence-electron chi connectivity index (χ2n) is 5.63. The number of carbonyl (C=O) groups is 1. The van der Waals surface area contributed by atoms with Crippen LogP contribution in [0.25, 0.3) is 4.96 Å². The Labute approximate surface area is 163 Å². The van der Waals surface area contributed by atoms with Crippen LogP contribution in [0.3, 0.4) is 0 Å². The molecule has 3 rings (SSSR count).